The van der Waals surface area contributed by atoms with Crippen LogP contribution in [0.25, 0.3) is 22.4 Å². The number of aryl methyl sites for hydroxylation is 2. The van der Waals surface area contributed by atoms with Gasteiger partial charge in [-0.2, -0.15) is 17.8 Å². The van der Waals surface area contributed by atoms with E-state index >= 15 is 4.39 Å². The second kappa shape index (κ2) is 10.7. The first-order valence-electron chi connectivity index (χ1n) is 12.3. The van der Waals surface area contributed by atoms with Gasteiger partial charge in [-0.1, -0.05) is 0 Å². The van der Waals surface area contributed by atoms with E-state index in [2.05, 4.69) is 20.1 Å². The summed E-state index contributed by atoms with van der Waals surface area (Å²) in [5, 5.41) is 4.18. The van der Waals surface area contributed by atoms with Crippen molar-refractivity contribution in [2.45, 2.75) is 13.5 Å². The number of pyridine rings is 1. The predicted molar refractivity (Wildman–Crippen MR) is 150 cm³/mol. The van der Waals surface area contributed by atoms with Gasteiger partial charge in [-0.15, -0.1) is 0 Å². The molecule has 0 N–H and O–H groups in total. The van der Waals surface area contributed by atoms with Crippen molar-refractivity contribution in [1.82, 2.24) is 38.0 Å². The van der Waals surface area contributed by atoms with Crippen LogP contribution in [0.5, 0.6) is 11.5 Å². The maximum absolute atomic E-state index is 15.9. The van der Waals surface area contributed by atoms with Crippen LogP contribution in [0.3, 0.4) is 0 Å². The zero-order valence-corrected chi connectivity index (χ0v) is 24.1. The molecule has 13 nitrogen and oxygen atoms in total. The second-order valence-electron chi connectivity index (χ2n) is 9.30. The van der Waals surface area contributed by atoms with Crippen molar-refractivity contribution in [1.29, 1.82) is 0 Å². The third-order valence-electron chi connectivity index (χ3n) is 6.28. The molecule has 0 aliphatic carbocycles. The van der Waals surface area contributed by atoms with Crippen LogP contribution in [0.2, 0.25) is 0 Å². The fourth-order valence-electron chi connectivity index (χ4n) is 4.19. The molecule has 0 atom stereocenters. The highest BCUT2D eigenvalue weighted by molar-refractivity contribution is 7.87. The molecule has 0 aliphatic rings. The maximum atomic E-state index is 15.9. The number of aromatic nitrogens is 7. The van der Waals surface area contributed by atoms with E-state index in [9.17, 15) is 8.42 Å². The van der Waals surface area contributed by atoms with E-state index in [0.717, 1.165) is 13.8 Å². The molecule has 0 unspecified atom stereocenters. The minimum atomic E-state index is -3.93. The quantitative estimate of drug-likeness (QED) is 0.256. The van der Waals surface area contributed by atoms with Crippen molar-refractivity contribution in [2.24, 2.45) is 7.05 Å². The Morgan fingerprint density at radius 3 is 2.46 bits per heavy atom. The molecule has 5 aromatic rings. The molecule has 0 saturated carbocycles. The van der Waals surface area contributed by atoms with Gasteiger partial charge in [-0.3, -0.25) is 9.67 Å². The van der Waals surface area contributed by atoms with Gasteiger partial charge < -0.3 is 14.4 Å². The van der Waals surface area contributed by atoms with Crippen LogP contribution in [0.4, 0.5) is 15.9 Å². The molecule has 4 aromatic heterocycles. The lowest BCUT2D eigenvalue weighted by atomic mass is 10.2. The zero-order chi connectivity index (χ0) is 29.5. The standard InChI is InChI=1S/C26H28FN9O4S/c1-16-13-36(41(37,38)33(2)3)24(30-16)15-35(21-9-18(39-5)10-22(40-6)25(21)27)23-8-7-19-26(32-23)31-20(12-28-19)17-11-29-34(4)14-17/h7-14H,15H2,1-6H3. The predicted octanol–water partition coefficient (Wildman–Crippen LogP) is 3.08. The third-order valence-corrected chi connectivity index (χ3v) is 8.02. The van der Waals surface area contributed by atoms with Gasteiger partial charge in [0, 0.05) is 51.2 Å². The summed E-state index contributed by atoms with van der Waals surface area (Å²) in [6.45, 7) is 1.50. The Morgan fingerprint density at radius 2 is 1.80 bits per heavy atom. The molecule has 41 heavy (non-hydrogen) atoms. The number of imidazole rings is 1. The van der Waals surface area contributed by atoms with E-state index in [1.807, 2.05) is 0 Å². The Hall–Kier alpha value is -4.63. The summed E-state index contributed by atoms with van der Waals surface area (Å²) in [6, 6.07) is 6.24. The minimum absolute atomic E-state index is 0.0267. The lowest BCUT2D eigenvalue weighted by Gasteiger charge is -2.26. The summed E-state index contributed by atoms with van der Waals surface area (Å²) in [7, 11) is 3.49. The number of hydrogen-bond acceptors (Lipinski definition) is 10. The Morgan fingerprint density at radius 1 is 1.02 bits per heavy atom. The number of halogens is 1. The fourth-order valence-corrected chi connectivity index (χ4v) is 5.19. The first-order chi connectivity index (χ1) is 19.5. The van der Waals surface area contributed by atoms with Crippen molar-refractivity contribution in [3.8, 4) is 22.8 Å². The summed E-state index contributed by atoms with van der Waals surface area (Å²) in [5.74, 6) is -0.0451. The van der Waals surface area contributed by atoms with Crippen LogP contribution < -0.4 is 14.4 Å². The van der Waals surface area contributed by atoms with Gasteiger partial charge in [0.05, 0.1) is 50.2 Å². The molecule has 214 valence electrons. The van der Waals surface area contributed by atoms with E-state index in [0.29, 0.717) is 28.3 Å². The number of rotatable bonds is 9. The van der Waals surface area contributed by atoms with E-state index in [-0.39, 0.29) is 29.6 Å². The van der Waals surface area contributed by atoms with E-state index in [4.69, 9.17) is 14.5 Å². The normalized spacial score (nSPS) is 11.8. The molecule has 0 aliphatic heterocycles. The smallest absolute Gasteiger partial charge is 0.308 e. The van der Waals surface area contributed by atoms with Crippen molar-refractivity contribution in [2.75, 3.05) is 33.2 Å². The van der Waals surface area contributed by atoms with Crippen LogP contribution in [0.1, 0.15) is 11.5 Å². The second-order valence-corrected chi connectivity index (χ2v) is 11.3. The number of fused-ring (bicyclic) bond motifs is 1. The molecule has 0 radical (unpaired) electrons. The molecular weight excluding hydrogens is 553 g/mol. The highest BCUT2D eigenvalue weighted by Gasteiger charge is 2.27. The summed E-state index contributed by atoms with van der Waals surface area (Å²) in [6.07, 6.45) is 6.50. The van der Waals surface area contributed by atoms with Crippen LogP contribution >= 0.6 is 0 Å². The fraction of sp³-hybridized carbons (Fsp3) is 0.269. The van der Waals surface area contributed by atoms with Gasteiger partial charge in [-0.25, -0.2) is 23.3 Å². The summed E-state index contributed by atoms with van der Waals surface area (Å²) < 4.78 is 56.5. The maximum Gasteiger partial charge on any atom is 0.308 e. The van der Waals surface area contributed by atoms with Gasteiger partial charge in [-0.05, 0) is 19.1 Å². The van der Waals surface area contributed by atoms with Gasteiger partial charge in [0.1, 0.15) is 22.9 Å². The Labute approximate surface area is 236 Å². The molecule has 15 heteroatoms. The molecule has 1 aromatic carbocycles. The number of methoxy groups -OCH3 is 2. The highest BCUT2D eigenvalue weighted by Crippen LogP contribution is 2.37. The molecule has 5 rings (SSSR count). The van der Waals surface area contributed by atoms with E-state index < -0.39 is 16.0 Å². The highest BCUT2D eigenvalue weighted by atomic mass is 32.2. The monoisotopic (exact) mass is 581 g/mol. The van der Waals surface area contributed by atoms with Gasteiger partial charge in [0.2, 0.25) is 0 Å². The molecule has 0 bridgehead atoms. The van der Waals surface area contributed by atoms with Crippen LogP contribution in [0, 0.1) is 12.7 Å². The van der Waals surface area contributed by atoms with Crippen LogP contribution in [0.15, 0.2) is 49.1 Å². The van der Waals surface area contributed by atoms with Crippen molar-refractivity contribution in [3.05, 3.63) is 66.4 Å². The SMILES string of the molecule is COc1cc(OC)c(F)c(N(Cc2nc(C)cn2S(=O)(=O)N(C)C)c2ccc3ncc(-c4cnn(C)c4)nc3n2)c1. The summed E-state index contributed by atoms with van der Waals surface area (Å²) in [5.41, 5.74) is 2.61. The lowest BCUT2D eigenvalue weighted by molar-refractivity contribution is 0.374. The van der Waals surface area contributed by atoms with E-state index in [1.165, 1.54) is 51.5 Å². The van der Waals surface area contributed by atoms with Gasteiger partial charge >= 0.3 is 10.2 Å². The molecule has 0 fully saturated rings. The van der Waals surface area contributed by atoms with Crippen LogP contribution in [-0.2, 0) is 23.8 Å². The average Bonchev–Trinajstić information content (AvgIpc) is 3.56. The molecular formula is C26H28FN9O4S. The van der Waals surface area contributed by atoms with Crippen molar-refractivity contribution < 1.29 is 22.3 Å². The first kappa shape index (κ1) is 27.9. The first-order valence-corrected chi connectivity index (χ1v) is 13.7. The topological polar surface area (TPSA) is 133 Å². The molecule has 0 saturated heterocycles. The number of benzene rings is 1. The Balaban J connectivity index is 1.70. The molecule has 0 spiro atoms. The summed E-state index contributed by atoms with van der Waals surface area (Å²) >= 11 is 0. The van der Waals surface area contributed by atoms with Crippen molar-refractivity contribution >= 4 is 32.9 Å². The number of anilines is 2. The number of hydrogen-bond donors (Lipinski definition) is 0. The molecule has 4 heterocycles. The summed E-state index contributed by atoms with van der Waals surface area (Å²) in [4.78, 5) is 19.8. The number of ether oxygens (including phenoxy) is 2. The largest absolute Gasteiger partial charge is 0.497 e. The minimum Gasteiger partial charge on any atom is -0.497 e. The average molecular weight is 582 g/mol. The Bertz CT molecular complexity index is 1850. The van der Waals surface area contributed by atoms with E-state index in [1.54, 1.807) is 49.4 Å². The zero-order valence-electron chi connectivity index (χ0n) is 23.3. The van der Waals surface area contributed by atoms with Gasteiger partial charge in [0.15, 0.2) is 17.2 Å². The molecule has 0 amide bonds. The Kier molecular flexibility index (Phi) is 7.31. The van der Waals surface area contributed by atoms with Crippen LogP contribution in [-0.4, -0.2) is 74.7 Å². The lowest BCUT2D eigenvalue weighted by Crippen LogP contribution is -2.31. The van der Waals surface area contributed by atoms with Crippen molar-refractivity contribution in [3.63, 3.8) is 0 Å². The van der Waals surface area contributed by atoms with Gasteiger partial charge in [0.25, 0.3) is 0 Å². The number of nitrogens with zero attached hydrogens (tertiary/aromatic N) is 9. The third kappa shape index (κ3) is 5.28.